The molecule has 104 valence electrons. The Morgan fingerprint density at radius 1 is 1.20 bits per heavy atom. The summed E-state index contributed by atoms with van der Waals surface area (Å²) in [7, 11) is 0. The first-order valence-electron chi connectivity index (χ1n) is 6.53. The number of fused-ring (bicyclic) bond motifs is 1. The quantitative estimate of drug-likeness (QED) is 0.502. The Hall–Kier alpha value is -1.85. The summed E-state index contributed by atoms with van der Waals surface area (Å²) < 4.78 is 0. The summed E-state index contributed by atoms with van der Waals surface area (Å²) >= 11 is 5.92. The molecule has 0 fully saturated rings. The van der Waals surface area contributed by atoms with Gasteiger partial charge in [0.15, 0.2) is 11.0 Å². The van der Waals surface area contributed by atoms with E-state index in [0.29, 0.717) is 11.5 Å². The third-order valence-corrected chi connectivity index (χ3v) is 4.07. The van der Waals surface area contributed by atoms with Crippen LogP contribution in [0.4, 0.5) is 11.5 Å². The lowest BCUT2D eigenvalue weighted by atomic mass is 9.88. The molecule has 1 heterocycles. The summed E-state index contributed by atoms with van der Waals surface area (Å²) in [5.74, 6) is 6.70. The molecule has 1 unspecified atom stereocenters. The van der Waals surface area contributed by atoms with Gasteiger partial charge in [-0.2, -0.15) is 0 Å². The van der Waals surface area contributed by atoms with E-state index in [1.54, 1.807) is 5.01 Å². The van der Waals surface area contributed by atoms with Gasteiger partial charge in [0.05, 0.1) is 6.04 Å². The third-order valence-electron chi connectivity index (χ3n) is 3.77. The number of nitrogens with zero attached hydrogens (tertiary/aromatic N) is 3. The number of hydrogen-bond donors (Lipinski definition) is 2. The van der Waals surface area contributed by atoms with Gasteiger partial charge in [0, 0.05) is 0 Å². The fourth-order valence-electron chi connectivity index (χ4n) is 2.66. The standard InChI is InChI=1S/C14H16ClN5/c15-13-12(16)14(19-8-18-13)20(17)11-6-5-9-3-1-2-4-10(9)7-11/h1-4,8,11H,5-7,16-17H2. The number of rotatable bonds is 2. The molecular weight excluding hydrogens is 274 g/mol. The van der Waals surface area contributed by atoms with Gasteiger partial charge in [-0.25, -0.2) is 15.8 Å². The van der Waals surface area contributed by atoms with E-state index < -0.39 is 0 Å². The molecule has 1 atom stereocenters. The van der Waals surface area contributed by atoms with Crippen molar-refractivity contribution < 1.29 is 0 Å². The van der Waals surface area contributed by atoms with Gasteiger partial charge in [0.25, 0.3) is 0 Å². The van der Waals surface area contributed by atoms with Gasteiger partial charge in [-0.05, 0) is 30.4 Å². The second kappa shape index (κ2) is 5.26. The molecule has 3 rings (SSSR count). The summed E-state index contributed by atoms with van der Waals surface area (Å²) in [4.78, 5) is 8.00. The highest BCUT2D eigenvalue weighted by Crippen LogP contribution is 2.29. The topological polar surface area (TPSA) is 81.1 Å². The first kappa shape index (κ1) is 13.1. The molecule has 0 amide bonds. The molecule has 5 nitrogen and oxygen atoms in total. The van der Waals surface area contributed by atoms with Crippen LogP contribution in [0.1, 0.15) is 17.5 Å². The third kappa shape index (κ3) is 2.30. The number of nitrogen functional groups attached to an aromatic ring is 1. The Bertz CT molecular complexity index is 631. The number of anilines is 2. The maximum atomic E-state index is 6.20. The lowest BCUT2D eigenvalue weighted by molar-refractivity contribution is 0.526. The molecule has 0 spiro atoms. The Labute approximate surface area is 122 Å². The fraction of sp³-hybridized carbons (Fsp3) is 0.286. The zero-order valence-corrected chi connectivity index (χ0v) is 11.7. The monoisotopic (exact) mass is 289 g/mol. The van der Waals surface area contributed by atoms with Crippen LogP contribution in [0.3, 0.4) is 0 Å². The van der Waals surface area contributed by atoms with E-state index in [1.165, 1.54) is 17.5 Å². The number of aryl methyl sites for hydroxylation is 1. The van der Waals surface area contributed by atoms with Crippen LogP contribution in [0.2, 0.25) is 5.15 Å². The zero-order valence-electron chi connectivity index (χ0n) is 11.0. The van der Waals surface area contributed by atoms with E-state index in [2.05, 4.69) is 34.2 Å². The second-order valence-corrected chi connectivity index (χ2v) is 5.33. The number of halogens is 1. The minimum Gasteiger partial charge on any atom is -0.393 e. The van der Waals surface area contributed by atoms with Crippen molar-refractivity contribution >= 4 is 23.1 Å². The zero-order chi connectivity index (χ0) is 14.1. The Morgan fingerprint density at radius 2 is 1.95 bits per heavy atom. The normalized spacial score (nSPS) is 17.6. The molecule has 4 N–H and O–H groups in total. The van der Waals surface area contributed by atoms with Gasteiger partial charge >= 0.3 is 0 Å². The van der Waals surface area contributed by atoms with Gasteiger partial charge < -0.3 is 5.73 Å². The first-order valence-corrected chi connectivity index (χ1v) is 6.91. The molecule has 1 aromatic carbocycles. The van der Waals surface area contributed by atoms with Crippen LogP contribution < -0.4 is 16.6 Å². The van der Waals surface area contributed by atoms with Crippen LogP contribution in [0, 0.1) is 0 Å². The Kier molecular flexibility index (Phi) is 3.46. The van der Waals surface area contributed by atoms with Crippen molar-refractivity contribution in [3.05, 3.63) is 46.9 Å². The van der Waals surface area contributed by atoms with E-state index >= 15 is 0 Å². The second-order valence-electron chi connectivity index (χ2n) is 4.97. The summed E-state index contributed by atoms with van der Waals surface area (Å²) in [5.41, 5.74) is 8.96. The van der Waals surface area contributed by atoms with E-state index in [4.69, 9.17) is 23.2 Å². The maximum Gasteiger partial charge on any atom is 0.171 e. The molecule has 2 aromatic rings. The molecule has 0 saturated carbocycles. The van der Waals surface area contributed by atoms with E-state index in [1.807, 2.05) is 0 Å². The van der Waals surface area contributed by atoms with Crippen molar-refractivity contribution in [3.8, 4) is 0 Å². The first-order chi connectivity index (χ1) is 9.66. The fourth-order valence-corrected chi connectivity index (χ4v) is 2.79. The van der Waals surface area contributed by atoms with Crippen LogP contribution in [-0.4, -0.2) is 16.0 Å². The molecule has 1 aliphatic carbocycles. The van der Waals surface area contributed by atoms with Crippen LogP contribution in [0.15, 0.2) is 30.6 Å². The largest absolute Gasteiger partial charge is 0.393 e. The number of hydrogen-bond acceptors (Lipinski definition) is 5. The summed E-state index contributed by atoms with van der Waals surface area (Å²) in [6, 6.07) is 8.60. The van der Waals surface area contributed by atoms with Crippen molar-refractivity contribution in [2.24, 2.45) is 5.84 Å². The molecule has 0 aliphatic heterocycles. The van der Waals surface area contributed by atoms with Crippen molar-refractivity contribution in [2.45, 2.75) is 25.3 Å². The molecule has 1 aliphatic rings. The molecule has 6 heteroatoms. The van der Waals surface area contributed by atoms with Crippen molar-refractivity contribution in [3.63, 3.8) is 0 Å². The lowest BCUT2D eigenvalue weighted by Crippen LogP contribution is -2.45. The highest BCUT2D eigenvalue weighted by atomic mass is 35.5. The summed E-state index contributed by atoms with van der Waals surface area (Å²) in [6.45, 7) is 0. The predicted molar refractivity (Wildman–Crippen MR) is 80.4 cm³/mol. The van der Waals surface area contributed by atoms with E-state index in [0.717, 1.165) is 19.3 Å². The Morgan fingerprint density at radius 3 is 2.75 bits per heavy atom. The molecule has 0 radical (unpaired) electrons. The summed E-state index contributed by atoms with van der Waals surface area (Å²) in [6.07, 6.45) is 4.24. The van der Waals surface area contributed by atoms with Gasteiger partial charge in [0.1, 0.15) is 12.0 Å². The molecule has 0 bridgehead atoms. The maximum absolute atomic E-state index is 6.20. The average molecular weight is 290 g/mol. The number of hydrazine groups is 1. The number of aromatic nitrogens is 2. The van der Waals surface area contributed by atoms with Crippen molar-refractivity contribution in [1.82, 2.24) is 9.97 Å². The molecule has 0 saturated heterocycles. The van der Waals surface area contributed by atoms with Crippen LogP contribution in [0.25, 0.3) is 0 Å². The van der Waals surface area contributed by atoms with Crippen LogP contribution >= 0.6 is 11.6 Å². The van der Waals surface area contributed by atoms with Crippen molar-refractivity contribution in [2.75, 3.05) is 10.7 Å². The van der Waals surface area contributed by atoms with Crippen LogP contribution in [0.5, 0.6) is 0 Å². The van der Waals surface area contributed by atoms with Crippen LogP contribution in [-0.2, 0) is 12.8 Å². The highest BCUT2D eigenvalue weighted by Gasteiger charge is 2.25. The van der Waals surface area contributed by atoms with E-state index in [-0.39, 0.29) is 11.2 Å². The SMILES string of the molecule is Nc1c(Cl)ncnc1N(N)C1CCc2ccccc2C1. The Balaban J connectivity index is 1.86. The minimum absolute atomic E-state index is 0.165. The van der Waals surface area contributed by atoms with Gasteiger partial charge in [0.2, 0.25) is 0 Å². The number of benzene rings is 1. The average Bonchev–Trinajstić information content (AvgIpc) is 2.49. The predicted octanol–water partition coefficient (Wildman–Crippen LogP) is 1.95. The van der Waals surface area contributed by atoms with Gasteiger partial charge in [-0.1, -0.05) is 35.9 Å². The number of nitrogens with two attached hydrogens (primary N) is 2. The van der Waals surface area contributed by atoms with Crippen molar-refractivity contribution in [1.29, 1.82) is 0 Å². The molecular formula is C14H16ClN5. The summed E-state index contributed by atoms with van der Waals surface area (Å²) in [5, 5.41) is 1.86. The lowest BCUT2D eigenvalue weighted by Gasteiger charge is -2.33. The molecule has 1 aromatic heterocycles. The molecule has 20 heavy (non-hydrogen) atoms. The van der Waals surface area contributed by atoms with Gasteiger partial charge in [-0.3, -0.25) is 5.01 Å². The highest BCUT2D eigenvalue weighted by molar-refractivity contribution is 6.32. The smallest absolute Gasteiger partial charge is 0.171 e. The van der Waals surface area contributed by atoms with E-state index in [9.17, 15) is 0 Å². The van der Waals surface area contributed by atoms with Gasteiger partial charge in [-0.15, -0.1) is 0 Å². The minimum atomic E-state index is 0.165.